The first-order valence-corrected chi connectivity index (χ1v) is 6.97. The molecule has 3 unspecified atom stereocenters. The molecule has 0 amide bonds. The maximum atomic E-state index is 12.2. The van der Waals surface area contributed by atoms with Gasteiger partial charge in [0.05, 0.1) is 6.04 Å². The fourth-order valence-corrected chi connectivity index (χ4v) is 2.81. The average Bonchev–Trinajstić information content (AvgIpc) is 2.38. The Bertz CT molecular complexity index is 230. The van der Waals surface area contributed by atoms with Crippen LogP contribution < -0.4 is 5.73 Å². The quantitative estimate of drug-likeness (QED) is 0.697. The van der Waals surface area contributed by atoms with E-state index in [1.54, 1.807) is 7.11 Å². The topological polar surface area (TPSA) is 52.3 Å². The SMILES string of the molecule is CCC1CCCC(C(=O)C(N)CCCOC)C1. The van der Waals surface area contributed by atoms with Gasteiger partial charge < -0.3 is 10.5 Å². The Hall–Kier alpha value is -0.410. The Kier molecular flexibility index (Phi) is 6.75. The molecule has 0 radical (unpaired) electrons. The van der Waals surface area contributed by atoms with Gasteiger partial charge in [-0.3, -0.25) is 4.79 Å². The highest BCUT2D eigenvalue weighted by Crippen LogP contribution is 2.32. The number of ether oxygens (including phenoxy) is 1. The number of carbonyl (C=O) groups is 1. The summed E-state index contributed by atoms with van der Waals surface area (Å²) in [6.07, 6.45) is 7.44. The van der Waals surface area contributed by atoms with Crippen LogP contribution in [0.1, 0.15) is 51.9 Å². The van der Waals surface area contributed by atoms with Crippen molar-refractivity contribution in [3.8, 4) is 0 Å². The van der Waals surface area contributed by atoms with Crippen molar-refractivity contribution in [1.29, 1.82) is 0 Å². The maximum Gasteiger partial charge on any atom is 0.152 e. The number of Topliss-reactive ketones (excluding diaryl/α,β-unsaturated/α-hetero) is 1. The minimum absolute atomic E-state index is 0.228. The van der Waals surface area contributed by atoms with Gasteiger partial charge in [-0.2, -0.15) is 0 Å². The average molecular weight is 241 g/mol. The molecule has 0 aliphatic heterocycles. The van der Waals surface area contributed by atoms with Crippen LogP contribution in [0.5, 0.6) is 0 Å². The van der Waals surface area contributed by atoms with Gasteiger partial charge >= 0.3 is 0 Å². The summed E-state index contributed by atoms with van der Waals surface area (Å²) in [6, 6.07) is -0.272. The second kappa shape index (κ2) is 7.83. The third-order valence-corrected chi connectivity index (χ3v) is 3.99. The van der Waals surface area contributed by atoms with Crippen molar-refractivity contribution in [2.45, 2.75) is 57.9 Å². The third kappa shape index (κ3) is 4.76. The fourth-order valence-electron chi connectivity index (χ4n) is 2.81. The van der Waals surface area contributed by atoms with Gasteiger partial charge in [-0.25, -0.2) is 0 Å². The predicted octanol–water partition coefficient (Wildman–Crippen LogP) is 2.53. The highest BCUT2D eigenvalue weighted by molar-refractivity contribution is 5.86. The lowest BCUT2D eigenvalue weighted by atomic mass is 9.76. The highest BCUT2D eigenvalue weighted by atomic mass is 16.5. The second-order valence-electron chi connectivity index (χ2n) is 5.28. The predicted molar refractivity (Wildman–Crippen MR) is 69.8 cm³/mol. The lowest BCUT2D eigenvalue weighted by molar-refractivity contribution is -0.125. The van der Waals surface area contributed by atoms with Crippen LogP contribution >= 0.6 is 0 Å². The number of carbonyl (C=O) groups excluding carboxylic acids is 1. The van der Waals surface area contributed by atoms with Crippen LogP contribution in [0, 0.1) is 11.8 Å². The number of hydrogen-bond donors (Lipinski definition) is 1. The van der Waals surface area contributed by atoms with E-state index in [0.29, 0.717) is 12.4 Å². The first-order chi connectivity index (χ1) is 8.19. The van der Waals surface area contributed by atoms with E-state index >= 15 is 0 Å². The molecule has 1 aliphatic rings. The standard InChI is InChI=1S/C14H27NO2/c1-3-11-6-4-7-12(10-11)14(16)13(15)8-5-9-17-2/h11-13H,3-10,15H2,1-2H3. The molecule has 0 aromatic rings. The molecule has 3 atom stereocenters. The molecule has 0 bridgehead atoms. The number of methoxy groups -OCH3 is 1. The molecule has 0 saturated heterocycles. The Morgan fingerprint density at radius 3 is 2.88 bits per heavy atom. The summed E-state index contributed by atoms with van der Waals surface area (Å²) in [7, 11) is 1.68. The van der Waals surface area contributed by atoms with E-state index < -0.39 is 0 Å². The molecular formula is C14H27NO2. The number of rotatable bonds is 7. The molecule has 2 N–H and O–H groups in total. The molecule has 3 nitrogen and oxygen atoms in total. The lowest BCUT2D eigenvalue weighted by Gasteiger charge is -2.29. The minimum Gasteiger partial charge on any atom is -0.385 e. The summed E-state index contributed by atoms with van der Waals surface area (Å²) in [5, 5.41) is 0. The van der Waals surface area contributed by atoms with Gasteiger partial charge in [0.2, 0.25) is 0 Å². The molecule has 100 valence electrons. The van der Waals surface area contributed by atoms with Crippen molar-refractivity contribution >= 4 is 5.78 Å². The molecule has 0 aromatic heterocycles. The number of hydrogen-bond acceptors (Lipinski definition) is 3. The normalized spacial score (nSPS) is 26.8. The van der Waals surface area contributed by atoms with Gasteiger partial charge in [-0.15, -0.1) is 0 Å². The van der Waals surface area contributed by atoms with Gasteiger partial charge in [0, 0.05) is 19.6 Å². The zero-order valence-corrected chi connectivity index (χ0v) is 11.3. The Balaban J connectivity index is 2.34. The van der Waals surface area contributed by atoms with Gasteiger partial charge in [-0.05, 0) is 31.6 Å². The summed E-state index contributed by atoms with van der Waals surface area (Å²) in [5.41, 5.74) is 5.97. The smallest absolute Gasteiger partial charge is 0.152 e. The minimum atomic E-state index is -0.272. The van der Waals surface area contributed by atoms with Crippen molar-refractivity contribution < 1.29 is 9.53 Å². The number of ketones is 1. The van der Waals surface area contributed by atoms with Gasteiger partial charge in [0.15, 0.2) is 5.78 Å². The van der Waals surface area contributed by atoms with Crippen LogP contribution in [0.25, 0.3) is 0 Å². The molecule has 1 fully saturated rings. The molecule has 0 spiro atoms. The van der Waals surface area contributed by atoms with Crippen molar-refractivity contribution in [2.75, 3.05) is 13.7 Å². The van der Waals surface area contributed by atoms with E-state index in [0.717, 1.165) is 31.6 Å². The summed E-state index contributed by atoms with van der Waals surface area (Å²) in [4.78, 5) is 12.2. The van der Waals surface area contributed by atoms with Crippen molar-refractivity contribution in [3.63, 3.8) is 0 Å². The van der Waals surface area contributed by atoms with E-state index in [9.17, 15) is 4.79 Å². The first kappa shape index (κ1) is 14.7. The summed E-state index contributed by atoms with van der Waals surface area (Å²) in [6.45, 7) is 2.92. The van der Waals surface area contributed by atoms with Crippen molar-refractivity contribution in [3.05, 3.63) is 0 Å². The Labute approximate surface area is 105 Å². The molecule has 1 saturated carbocycles. The molecule has 17 heavy (non-hydrogen) atoms. The second-order valence-corrected chi connectivity index (χ2v) is 5.28. The number of nitrogens with two attached hydrogens (primary N) is 1. The van der Waals surface area contributed by atoms with E-state index in [-0.39, 0.29) is 12.0 Å². The maximum absolute atomic E-state index is 12.2. The van der Waals surface area contributed by atoms with Gasteiger partial charge in [0.1, 0.15) is 0 Å². The van der Waals surface area contributed by atoms with E-state index in [1.165, 1.54) is 19.3 Å². The van der Waals surface area contributed by atoms with Crippen LogP contribution in [0.2, 0.25) is 0 Å². The monoisotopic (exact) mass is 241 g/mol. The third-order valence-electron chi connectivity index (χ3n) is 3.99. The highest BCUT2D eigenvalue weighted by Gasteiger charge is 2.29. The zero-order valence-electron chi connectivity index (χ0n) is 11.3. The largest absolute Gasteiger partial charge is 0.385 e. The zero-order chi connectivity index (χ0) is 12.7. The van der Waals surface area contributed by atoms with Gasteiger partial charge in [0.25, 0.3) is 0 Å². The van der Waals surface area contributed by atoms with Crippen LogP contribution in [-0.4, -0.2) is 25.5 Å². The molecule has 1 rings (SSSR count). The van der Waals surface area contributed by atoms with Crippen LogP contribution in [0.15, 0.2) is 0 Å². The van der Waals surface area contributed by atoms with E-state index in [1.807, 2.05) is 0 Å². The van der Waals surface area contributed by atoms with Crippen molar-refractivity contribution in [1.82, 2.24) is 0 Å². The van der Waals surface area contributed by atoms with Crippen LogP contribution in [0.4, 0.5) is 0 Å². The first-order valence-electron chi connectivity index (χ1n) is 6.97. The van der Waals surface area contributed by atoms with Crippen LogP contribution in [-0.2, 0) is 9.53 Å². The Morgan fingerprint density at radius 1 is 1.47 bits per heavy atom. The van der Waals surface area contributed by atoms with Crippen LogP contribution in [0.3, 0.4) is 0 Å². The van der Waals surface area contributed by atoms with Gasteiger partial charge in [-0.1, -0.05) is 26.2 Å². The molecule has 0 aromatic carbocycles. The molecule has 0 heterocycles. The van der Waals surface area contributed by atoms with E-state index in [4.69, 9.17) is 10.5 Å². The molecular weight excluding hydrogens is 214 g/mol. The Morgan fingerprint density at radius 2 is 2.24 bits per heavy atom. The lowest BCUT2D eigenvalue weighted by Crippen LogP contribution is -2.37. The summed E-state index contributed by atoms with van der Waals surface area (Å²) < 4.78 is 4.99. The summed E-state index contributed by atoms with van der Waals surface area (Å²) >= 11 is 0. The molecule has 1 aliphatic carbocycles. The summed E-state index contributed by atoms with van der Waals surface area (Å²) in [5.74, 6) is 1.26. The van der Waals surface area contributed by atoms with Crippen molar-refractivity contribution in [2.24, 2.45) is 17.6 Å². The molecule has 3 heteroatoms. The fraction of sp³-hybridized carbons (Fsp3) is 0.929. The van der Waals surface area contributed by atoms with E-state index in [2.05, 4.69) is 6.92 Å².